The van der Waals surface area contributed by atoms with Crippen LogP contribution in [0, 0.1) is 17.3 Å². The lowest BCUT2D eigenvalue weighted by Gasteiger charge is -2.59. The summed E-state index contributed by atoms with van der Waals surface area (Å²) in [5.41, 5.74) is 5.76. The summed E-state index contributed by atoms with van der Waals surface area (Å²) >= 11 is 3.94. The van der Waals surface area contributed by atoms with E-state index in [1.807, 2.05) is 0 Å². The molecule has 2 amide bonds. The van der Waals surface area contributed by atoms with Gasteiger partial charge in [-0.25, -0.2) is 0 Å². The number of amides is 2. The van der Waals surface area contributed by atoms with E-state index in [0.717, 1.165) is 32.1 Å². The van der Waals surface area contributed by atoms with Crippen molar-refractivity contribution in [2.75, 3.05) is 19.5 Å². The Labute approximate surface area is 167 Å². The van der Waals surface area contributed by atoms with Gasteiger partial charge in [-0.2, -0.15) is 0 Å². The molecule has 146 valence electrons. The summed E-state index contributed by atoms with van der Waals surface area (Å²) < 4.78 is 10.7. The van der Waals surface area contributed by atoms with Gasteiger partial charge in [-0.15, -0.1) is 0 Å². The minimum atomic E-state index is -0.617. The number of anilines is 1. The highest BCUT2D eigenvalue weighted by atomic mass is 79.9. The highest BCUT2D eigenvalue weighted by Crippen LogP contribution is 2.64. The van der Waals surface area contributed by atoms with Crippen LogP contribution in [0.25, 0.3) is 0 Å². The fraction of sp³-hybridized carbons (Fsp3) is 0.600. The van der Waals surface area contributed by atoms with Gasteiger partial charge >= 0.3 is 0 Å². The lowest BCUT2D eigenvalue weighted by molar-refractivity contribution is -0.138. The van der Waals surface area contributed by atoms with Gasteiger partial charge in [-0.05, 0) is 56.4 Å². The lowest BCUT2D eigenvalue weighted by Crippen LogP contribution is -2.57. The monoisotopic (exact) mass is 436 g/mol. The molecule has 27 heavy (non-hydrogen) atoms. The summed E-state index contributed by atoms with van der Waals surface area (Å²) in [4.78, 5) is 25.3. The summed E-state index contributed by atoms with van der Waals surface area (Å²) in [6.07, 6.45) is 6.22. The predicted molar refractivity (Wildman–Crippen MR) is 105 cm³/mol. The largest absolute Gasteiger partial charge is 0.493 e. The van der Waals surface area contributed by atoms with Gasteiger partial charge in [0.05, 0.1) is 30.9 Å². The van der Waals surface area contributed by atoms with Crippen LogP contribution in [0.4, 0.5) is 5.69 Å². The Morgan fingerprint density at radius 3 is 2.22 bits per heavy atom. The maximum absolute atomic E-state index is 13.4. The van der Waals surface area contributed by atoms with E-state index in [-0.39, 0.29) is 21.2 Å². The summed E-state index contributed by atoms with van der Waals surface area (Å²) in [6, 6.07) is 3.13. The van der Waals surface area contributed by atoms with Gasteiger partial charge in [0.1, 0.15) is 0 Å². The molecule has 0 unspecified atom stereocenters. The number of hydrogen-bond donors (Lipinski definition) is 2. The maximum atomic E-state index is 13.4. The molecule has 0 saturated heterocycles. The first-order chi connectivity index (χ1) is 12.8. The Bertz CT molecular complexity index is 795. The van der Waals surface area contributed by atoms with Crippen molar-refractivity contribution in [2.45, 2.75) is 42.8 Å². The normalized spacial score (nSPS) is 33.6. The second kappa shape index (κ2) is 6.40. The Morgan fingerprint density at radius 2 is 1.70 bits per heavy atom. The van der Waals surface area contributed by atoms with E-state index >= 15 is 0 Å². The van der Waals surface area contributed by atoms with Gasteiger partial charge in [-0.1, -0.05) is 15.9 Å². The predicted octanol–water partition coefficient (Wildman–Crippen LogP) is 3.48. The van der Waals surface area contributed by atoms with Crippen molar-refractivity contribution < 1.29 is 19.1 Å². The zero-order valence-corrected chi connectivity index (χ0v) is 17.2. The molecule has 0 radical (unpaired) electrons. The van der Waals surface area contributed by atoms with E-state index in [9.17, 15) is 9.59 Å². The van der Waals surface area contributed by atoms with E-state index in [4.69, 9.17) is 15.2 Å². The van der Waals surface area contributed by atoms with Crippen LogP contribution < -0.4 is 20.5 Å². The maximum Gasteiger partial charge on any atom is 0.250 e. The van der Waals surface area contributed by atoms with Gasteiger partial charge in [0.25, 0.3) is 5.91 Å². The number of primary amides is 1. The fourth-order valence-corrected chi connectivity index (χ4v) is 7.31. The quantitative estimate of drug-likeness (QED) is 0.691. The van der Waals surface area contributed by atoms with E-state index in [1.165, 1.54) is 26.7 Å². The van der Waals surface area contributed by atoms with Crippen molar-refractivity contribution in [1.29, 1.82) is 0 Å². The van der Waals surface area contributed by atoms with Crippen molar-refractivity contribution in [3.8, 4) is 11.5 Å². The first-order valence-electron chi connectivity index (χ1n) is 9.34. The molecular formula is C20H25BrN2O4. The van der Waals surface area contributed by atoms with Crippen LogP contribution in [0.3, 0.4) is 0 Å². The number of carbonyl (C=O) groups is 2. The van der Waals surface area contributed by atoms with Gasteiger partial charge in [0.15, 0.2) is 11.5 Å². The van der Waals surface area contributed by atoms with Crippen LogP contribution in [0.15, 0.2) is 12.1 Å². The number of methoxy groups -OCH3 is 2. The van der Waals surface area contributed by atoms with Crippen molar-refractivity contribution >= 4 is 33.4 Å². The van der Waals surface area contributed by atoms with Crippen molar-refractivity contribution in [1.82, 2.24) is 0 Å². The third-order valence-electron chi connectivity index (χ3n) is 6.51. The molecule has 0 aliphatic heterocycles. The van der Waals surface area contributed by atoms with Gasteiger partial charge in [-0.3, -0.25) is 9.59 Å². The second-order valence-corrected chi connectivity index (χ2v) is 10.1. The van der Waals surface area contributed by atoms with Crippen molar-refractivity contribution in [3.05, 3.63) is 17.7 Å². The first kappa shape index (κ1) is 18.6. The highest BCUT2D eigenvalue weighted by Gasteiger charge is 2.59. The average Bonchev–Trinajstić information content (AvgIpc) is 2.58. The van der Waals surface area contributed by atoms with Crippen LogP contribution in [0.1, 0.15) is 48.9 Å². The zero-order chi connectivity index (χ0) is 19.4. The molecule has 6 nitrogen and oxygen atoms in total. The number of alkyl halides is 1. The summed E-state index contributed by atoms with van der Waals surface area (Å²) in [7, 11) is 3.01. The first-order valence-corrected chi connectivity index (χ1v) is 10.1. The average molecular weight is 437 g/mol. The molecule has 7 heteroatoms. The third-order valence-corrected chi connectivity index (χ3v) is 7.44. The molecule has 4 fully saturated rings. The summed E-state index contributed by atoms with van der Waals surface area (Å²) in [5.74, 6) is 1.40. The molecule has 2 atom stereocenters. The zero-order valence-electron chi connectivity index (χ0n) is 15.6. The number of halogens is 1. The number of nitrogens with two attached hydrogens (primary N) is 1. The molecule has 4 bridgehead atoms. The lowest BCUT2D eigenvalue weighted by atomic mass is 9.49. The Morgan fingerprint density at radius 1 is 1.11 bits per heavy atom. The summed E-state index contributed by atoms with van der Waals surface area (Å²) in [6.45, 7) is 0. The molecule has 5 rings (SSSR count). The van der Waals surface area contributed by atoms with Crippen molar-refractivity contribution in [2.24, 2.45) is 23.0 Å². The molecule has 3 N–H and O–H groups in total. The van der Waals surface area contributed by atoms with Gasteiger partial charge in [0.2, 0.25) is 5.91 Å². The molecule has 4 saturated carbocycles. The number of hydrogen-bond acceptors (Lipinski definition) is 4. The molecule has 1 aromatic rings. The molecular weight excluding hydrogens is 412 g/mol. The minimum absolute atomic E-state index is 0.0184. The van der Waals surface area contributed by atoms with Crippen LogP contribution >= 0.6 is 15.9 Å². The van der Waals surface area contributed by atoms with E-state index < -0.39 is 5.91 Å². The van der Waals surface area contributed by atoms with Crippen LogP contribution in [0.5, 0.6) is 11.5 Å². The van der Waals surface area contributed by atoms with E-state index in [2.05, 4.69) is 21.2 Å². The van der Waals surface area contributed by atoms with Crippen molar-refractivity contribution in [3.63, 3.8) is 0 Å². The topological polar surface area (TPSA) is 90.6 Å². The molecule has 1 aromatic carbocycles. The standard InChI is InChI=1S/C20H25BrN2O4/c1-26-15-4-13(17(22)24)14(5-16(15)27-2)23-18(25)19-6-11-3-12(7-19)9-20(21,8-11)10-19/h4-5,11-12H,3,6-10H2,1-2H3,(H2,22,24)(H,23,25)/t11-,12-,19?,20?/m1/s1. The third kappa shape index (κ3) is 3.10. The Balaban J connectivity index is 1.66. The number of benzene rings is 1. The van der Waals surface area contributed by atoms with Crippen LogP contribution in [-0.2, 0) is 4.79 Å². The molecule has 4 aliphatic rings. The molecule has 0 heterocycles. The Hall–Kier alpha value is -1.76. The number of ether oxygens (including phenoxy) is 2. The molecule has 0 aromatic heterocycles. The fourth-order valence-electron chi connectivity index (χ4n) is 5.86. The minimum Gasteiger partial charge on any atom is -0.493 e. The highest BCUT2D eigenvalue weighted by molar-refractivity contribution is 9.10. The van der Waals surface area contributed by atoms with Crippen LogP contribution in [-0.4, -0.2) is 30.4 Å². The number of nitrogens with one attached hydrogen (secondary N) is 1. The van der Waals surface area contributed by atoms with Gasteiger partial charge < -0.3 is 20.5 Å². The molecule has 4 aliphatic carbocycles. The van der Waals surface area contributed by atoms with E-state index in [0.29, 0.717) is 29.0 Å². The SMILES string of the molecule is COc1cc(NC(=O)C23C[C@H]4C[C@@H](CC(Br)(C4)C2)C3)c(C(N)=O)cc1OC. The summed E-state index contributed by atoms with van der Waals surface area (Å²) in [5, 5.41) is 3.00. The smallest absolute Gasteiger partial charge is 0.250 e. The Kier molecular flexibility index (Phi) is 4.41. The number of rotatable bonds is 5. The molecule has 0 spiro atoms. The number of carbonyl (C=O) groups excluding carboxylic acids is 2. The second-order valence-electron chi connectivity index (χ2n) is 8.46. The van der Waals surface area contributed by atoms with Crippen LogP contribution in [0.2, 0.25) is 0 Å². The van der Waals surface area contributed by atoms with Gasteiger partial charge in [0, 0.05) is 10.4 Å². The van der Waals surface area contributed by atoms with E-state index in [1.54, 1.807) is 6.07 Å².